The van der Waals surface area contributed by atoms with Gasteiger partial charge in [0.25, 0.3) is 0 Å². The molecule has 1 saturated heterocycles. The van der Waals surface area contributed by atoms with Crippen LogP contribution in [0.3, 0.4) is 0 Å². The second kappa shape index (κ2) is 9.31. The van der Waals surface area contributed by atoms with Crippen molar-refractivity contribution in [3.05, 3.63) is 83.9 Å². The van der Waals surface area contributed by atoms with Gasteiger partial charge in [0, 0.05) is 57.1 Å². The van der Waals surface area contributed by atoms with Crippen LogP contribution in [0.1, 0.15) is 17.5 Å². The van der Waals surface area contributed by atoms with E-state index < -0.39 is 0 Å². The summed E-state index contributed by atoms with van der Waals surface area (Å²) in [6, 6.07) is 17.3. The first-order chi connectivity index (χ1) is 14.2. The maximum absolute atomic E-state index is 13.5. The van der Waals surface area contributed by atoms with E-state index in [-0.39, 0.29) is 12.4 Å². The highest BCUT2D eigenvalue weighted by molar-refractivity contribution is 5.31. The Morgan fingerprint density at radius 3 is 2.66 bits per heavy atom. The summed E-state index contributed by atoms with van der Waals surface area (Å²) in [7, 11) is 0. The Bertz CT molecular complexity index is 914. The van der Waals surface area contributed by atoms with Crippen LogP contribution in [0, 0.1) is 5.82 Å². The molecule has 0 bridgehead atoms. The predicted molar refractivity (Wildman–Crippen MR) is 111 cm³/mol. The van der Waals surface area contributed by atoms with E-state index >= 15 is 0 Å². The number of aliphatic hydroxyl groups excluding tert-OH is 1. The van der Waals surface area contributed by atoms with E-state index in [2.05, 4.69) is 39.2 Å². The molecule has 0 radical (unpaired) electrons. The fourth-order valence-corrected chi connectivity index (χ4v) is 4.01. The lowest BCUT2D eigenvalue weighted by atomic mass is 10.1. The molecule has 1 atom stereocenters. The van der Waals surface area contributed by atoms with Gasteiger partial charge in [-0.05, 0) is 30.2 Å². The largest absolute Gasteiger partial charge is 0.396 e. The van der Waals surface area contributed by atoms with E-state index in [1.165, 1.54) is 17.7 Å². The van der Waals surface area contributed by atoms with Crippen molar-refractivity contribution in [1.82, 2.24) is 19.6 Å². The minimum Gasteiger partial charge on any atom is -0.396 e. The molecule has 1 unspecified atom stereocenters. The average Bonchev–Trinajstić information content (AvgIpc) is 3.19. The number of piperazine rings is 1. The van der Waals surface area contributed by atoms with Crippen LogP contribution in [-0.2, 0) is 13.1 Å². The summed E-state index contributed by atoms with van der Waals surface area (Å²) in [5.74, 6) is -0.263. The van der Waals surface area contributed by atoms with Crippen LogP contribution in [0.4, 0.5) is 4.39 Å². The summed E-state index contributed by atoms with van der Waals surface area (Å²) < 4.78 is 15.2. The van der Waals surface area contributed by atoms with Gasteiger partial charge in [-0.2, -0.15) is 5.10 Å². The van der Waals surface area contributed by atoms with Crippen LogP contribution in [0.25, 0.3) is 5.69 Å². The summed E-state index contributed by atoms with van der Waals surface area (Å²) in [5.41, 5.74) is 3.14. The Morgan fingerprint density at radius 2 is 1.86 bits per heavy atom. The molecule has 0 saturated carbocycles. The predicted octanol–water partition coefficient (Wildman–Crippen LogP) is 3.08. The van der Waals surface area contributed by atoms with Crippen LogP contribution in [0.2, 0.25) is 0 Å². The van der Waals surface area contributed by atoms with E-state index in [4.69, 9.17) is 0 Å². The fraction of sp³-hybridized carbons (Fsp3) is 0.348. The topological polar surface area (TPSA) is 44.5 Å². The van der Waals surface area contributed by atoms with Crippen LogP contribution in [-0.4, -0.2) is 57.0 Å². The molecule has 1 aliphatic heterocycles. The van der Waals surface area contributed by atoms with Crippen LogP contribution in [0.15, 0.2) is 67.0 Å². The second-order valence-electron chi connectivity index (χ2n) is 7.63. The molecule has 1 aromatic heterocycles. The Kier molecular flexibility index (Phi) is 6.34. The number of rotatable bonds is 7. The first-order valence-corrected chi connectivity index (χ1v) is 10.1. The zero-order chi connectivity index (χ0) is 20.1. The van der Waals surface area contributed by atoms with Crippen molar-refractivity contribution in [1.29, 1.82) is 0 Å². The van der Waals surface area contributed by atoms with E-state index in [1.807, 2.05) is 24.5 Å². The van der Waals surface area contributed by atoms with Crippen molar-refractivity contribution in [3.63, 3.8) is 0 Å². The van der Waals surface area contributed by atoms with Crippen molar-refractivity contribution in [2.45, 2.75) is 25.6 Å². The minimum atomic E-state index is -0.263. The van der Waals surface area contributed by atoms with E-state index in [9.17, 15) is 9.50 Å². The summed E-state index contributed by atoms with van der Waals surface area (Å²) in [5, 5.41) is 13.9. The lowest BCUT2D eigenvalue weighted by Gasteiger charge is -2.41. The Hall–Kier alpha value is -2.54. The lowest BCUT2D eigenvalue weighted by Crippen LogP contribution is -2.52. The third kappa shape index (κ3) is 5.09. The summed E-state index contributed by atoms with van der Waals surface area (Å²) in [4.78, 5) is 4.88. The highest BCUT2D eigenvalue weighted by atomic mass is 19.1. The quantitative estimate of drug-likeness (QED) is 0.669. The number of halogens is 1. The molecule has 3 aromatic rings. The molecule has 0 aliphatic carbocycles. The Balaban J connectivity index is 1.39. The molecule has 29 heavy (non-hydrogen) atoms. The smallest absolute Gasteiger partial charge is 0.125 e. The molecule has 1 aliphatic rings. The maximum Gasteiger partial charge on any atom is 0.125 e. The summed E-state index contributed by atoms with van der Waals surface area (Å²) >= 11 is 0. The number of hydrogen-bond acceptors (Lipinski definition) is 4. The van der Waals surface area contributed by atoms with Gasteiger partial charge in [0.15, 0.2) is 0 Å². The Labute approximate surface area is 171 Å². The molecular weight excluding hydrogens is 367 g/mol. The zero-order valence-corrected chi connectivity index (χ0v) is 16.5. The number of benzene rings is 2. The van der Waals surface area contributed by atoms with Crippen LogP contribution >= 0.6 is 0 Å². The van der Waals surface area contributed by atoms with Crippen molar-refractivity contribution in [2.24, 2.45) is 0 Å². The average molecular weight is 394 g/mol. The fourth-order valence-electron chi connectivity index (χ4n) is 4.01. The summed E-state index contributed by atoms with van der Waals surface area (Å²) in [6.45, 7) is 4.77. The van der Waals surface area contributed by atoms with E-state index in [0.29, 0.717) is 6.04 Å². The second-order valence-corrected chi connectivity index (χ2v) is 7.63. The third-order valence-corrected chi connectivity index (χ3v) is 5.49. The molecule has 2 heterocycles. The van der Waals surface area contributed by atoms with Gasteiger partial charge in [-0.1, -0.05) is 36.4 Å². The first kappa shape index (κ1) is 19.8. The maximum atomic E-state index is 13.5. The van der Waals surface area contributed by atoms with Crippen LogP contribution < -0.4 is 0 Å². The van der Waals surface area contributed by atoms with Gasteiger partial charge in [0.2, 0.25) is 0 Å². The minimum absolute atomic E-state index is 0.196. The van der Waals surface area contributed by atoms with Gasteiger partial charge in [0.1, 0.15) is 5.82 Å². The standard InChI is InChI=1S/C23H27FN4O/c24-21-7-4-8-22(13-21)28-17-20(14-25-28)15-26-10-11-27(23(18-26)9-12-29)16-19-5-2-1-3-6-19/h1-8,13-14,17,23,29H,9-12,15-16,18H2. The normalized spacial score (nSPS) is 18.2. The molecule has 2 aromatic carbocycles. The molecule has 0 spiro atoms. The molecule has 6 heteroatoms. The van der Waals surface area contributed by atoms with Gasteiger partial charge < -0.3 is 5.11 Å². The van der Waals surface area contributed by atoms with Crippen molar-refractivity contribution in [2.75, 3.05) is 26.2 Å². The first-order valence-electron chi connectivity index (χ1n) is 10.1. The lowest BCUT2D eigenvalue weighted by molar-refractivity contribution is 0.0500. The number of nitrogens with zero attached hydrogens (tertiary/aromatic N) is 4. The third-order valence-electron chi connectivity index (χ3n) is 5.49. The van der Waals surface area contributed by atoms with Crippen molar-refractivity contribution < 1.29 is 9.50 Å². The van der Waals surface area contributed by atoms with Crippen molar-refractivity contribution >= 4 is 0 Å². The number of aliphatic hydroxyl groups is 1. The molecule has 1 N–H and O–H groups in total. The van der Waals surface area contributed by atoms with E-state index in [1.54, 1.807) is 10.7 Å². The van der Waals surface area contributed by atoms with Crippen molar-refractivity contribution in [3.8, 4) is 5.69 Å². The highest BCUT2D eigenvalue weighted by Crippen LogP contribution is 2.19. The highest BCUT2D eigenvalue weighted by Gasteiger charge is 2.26. The van der Waals surface area contributed by atoms with Gasteiger partial charge in [0.05, 0.1) is 11.9 Å². The van der Waals surface area contributed by atoms with E-state index in [0.717, 1.165) is 50.4 Å². The molecular formula is C23H27FN4O. The number of hydrogen-bond donors (Lipinski definition) is 1. The number of aromatic nitrogens is 2. The van der Waals surface area contributed by atoms with Gasteiger partial charge in [-0.25, -0.2) is 9.07 Å². The zero-order valence-electron chi connectivity index (χ0n) is 16.5. The van der Waals surface area contributed by atoms with Gasteiger partial charge in [-0.3, -0.25) is 9.80 Å². The molecule has 4 rings (SSSR count). The van der Waals surface area contributed by atoms with Crippen LogP contribution in [0.5, 0.6) is 0 Å². The molecule has 1 fully saturated rings. The van der Waals surface area contributed by atoms with Gasteiger partial charge in [-0.15, -0.1) is 0 Å². The monoisotopic (exact) mass is 394 g/mol. The molecule has 0 amide bonds. The summed E-state index contributed by atoms with van der Waals surface area (Å²) in [6.07, 6.45) is 4.58. The molecule has 5 nitrogen and oxygen atoms in total. The molecule has 152 valence electrons. The Morgan fingerprint density at radius 1 is 1.00 bits per heavy atom. The SMILES string of the molecule is OCCC1CN(Cc2cnn(-c3cccc(F)c3)c2)CCN1Cc1ccccc1. The van der Waals surface area contributed by atoms with Gasteiger partial charge >= 0.3 is 0 Å².